The summed E-state index contributed by atoms with van der Waals surface area (Å²) in [4.78, 5) is 25.5. The van der Waals surface area contributed by atoms with Gasteiger partial charge in [-0.1, -0.05) is 11.6 Å². The van der Waals surface area contributed by atoms with Gasteiger partial charge in [0.15, 0.2) is 18.1 Å². The number of benzene rings is 1. The minimum atomic E-state index is -0.630. The maximum Gasteiger partial charge on any atom is 0.255 e. The van der Waals surface area contributed by atoms with Crippen molar-refractivity contribution in [2.75, 3.05) is 40.0 Å². The van der Waals surface area contributed by atoms with Gasteiger partial charge in [-0.25, -0.2) is 0 Å². The highest BCUT2D eigenvalue weighted by Gasteiger charge is 2.24. The summed E-state index contributed by atoms with van der Waals surface area (Å²) in [7, 11) is 1.44. The van der Waals surface area contributed by atoms with Crippen LogP contribution in [-0.4, -0.2) is 56.7 Å². The summed E-state index contributed by atoms with van der Waals surface area (Å²) >= 11 is 6.21. The first kappa shape index (κ1) is 19.3. The molecule has 1 aliphatic rings. The van der Waals surface area contributed by atoms with Crippen molar-refractivity contribution < 1.29 is 23.8 Å². The zero-order valence-electron chi connectivity index (χ0n) is 14.4. The van der Waals surface area contributed by atoms with E-state index >= 15 is 0 Å². The molecule has 0 aliphatic carbocycles. The van der Waals surface area contributed by atoms with Crippen LogP contribution in [0.1, 0.15) is 23.7 Å². The Morgan fingerprint density at radius 3 is 2.76 bits per heavy atom. The van der Waals surface area contributed by atoms with Gasteiger partial charge in [-0.2, -0.15) is 0 Å². The Balaban J connectivity index is 2.20. The van der Waals surface area contributed by atoms with E-state index in [4.69, 9.17) is 31.5 Å². The van der Waals surface area contributed by atoms with Gasteiger partial charge in [-0.15, -0.1) is 0 Å². The van der Waals surface area contributed by atoms with Gasteiger partial charge in [-0.3, -0.25) is 9.59 Å². The number of ether oxygens (including phenoxy) is 3. The van der Waals surface area contributed by atoms with Crippen LogP contribution in [0.2, 0.25) is 5.02 Å². The first-order valence-corrected chi connectivity index (χ1v) is 8.49. The molecule has 0 bridgehead atoms. The molecule has 1 heterocycles. The van der Waals surface area contributed by atoms with Crippen molar-refractivity contribution >= 4 is 23.4 Å². The third kappa shape index (κ3) is 4.99. The highest BCUT2D eigenvalue weighted by molar-refractivity contribution is 6.32. The van der Waals surface area contributed by atoms with E-state index < -0.39 is 5.91 Å². The Morgan fingerprint density at radius 1 is 1.44 bits per heavy atom. The molecule has 1 saturated heterocycles. The van der Waals surface area contributed by atoms with Crippen molar-refractivity contribution in [2.45, 2.75) is 13.3 Å². The molecule has 1 fully saturated rings. The fraction of sp³-hybridized carbons (Fsp3) is 0.529. The number of nitrogens with zero attached hydrogens (tertiary/aromatic N) is 1. The predicted molar refractivity (Wildman–Crippen MR) is 93.2 cm³/mol. The number of carbonyl (C=O) groups excluding carboxylic acids is 2. The Bertz CT molecular complexity index is 632. The summed E-state index contributed by atoms with van der Waals surface area (Å²) in [6.45, 7) is 4.23. The Morgan fingerprint density at radius 2 is 2.20 bits per heavy atom. The lowest BCUT2D eigenvalue weighted by Gasteiger charge is -2.24. The Labute approximate surface area is 152 Å². The number of hydrogen-bond donors (Lipinski definition) is 1. The van der Waals surface area contributed by atoms with E-state index in [1.54, 1.807) is 11.0 Å². The van der Waals surface area contributed by atoms with Gasteiger partial charge in [0.05, 0.1) is 18.7 Å². The van der Waals surface area contributed by atoms with Gasteiger partial charge in [0, 0.05) is 31.2 Å². The van der Waals surface area contributed by atoms with E-state index in [2.05, 4.69) is 0 Å². The first-order chi connectivity index (χ1) is 12.0. The molecule has 25 heavy (non-hydrogen) atoms. The molecule has 1 atom stereocenters. The van der Waals surface area contributed by atoms with Crippen LogP contribution in [0.25, 0.3) is 0 Å². The van der Waals surface area contributed by atoms with Crippen molar-refractivity contribution in [1.29, 1.82) is 0 Å². The quantitative estimate of drug-likeness (QED) is 0.752. The van der Waals surface area contributed by atoms with Gasteiger partial charge in [-0.05, 0) is 25.5 Å². The molecule has 1 aromatic carbocycles. The Hall–Kier alpha value is -1.99. The molecule has 2 rings (SSSR count). The first-order valence-electron chi connectivity index (χ1n) is 8.11. The van der Waals surface area contributed by atoms with E-state index in [1.807, 2.05) is 6.92 Å². The van der Waals surface area contributed by atoms with Crippen molar-refractivity contribution in [2.24, 2.45) is 11.7 Å². The average molecular weight is 371 g/mol. The smallest absolute Gasteiger partial charge is 0.255 e. The predicted octanol–water partition coefficient (Wildman–Crippen LogP) is 1.71. The van der Waals surface area contributed by atoms with Gasteiger partial charge < -0.3 is 24.8 Å². The molecule has 0 unspecified atom stereocenters. The third-order valence-electron chi connectivity index (χ3n) is 4.01. The van der Waals surface area contributed by atoms with Crippen LogP contribution < -0.4 is 15.2 Å². The molecular weight excluding hydrogens is 348 g/mol. The summed E-state index contributed by atoms with van der Waals surface area (Å²) in [5.41, 5.74) is 5.47. The van der Waals surface area contributed by atoms with Crippen LogP contribution in [0.3, 0.4) is 0 Å². The Kier molecular flexibility index (Phi) is 6.90. The van der Waals surface area contributed by atoms with Crippen molar-refractivity contribution in [3.63, 3.8) is 0 Å². The van der Waals surface area contributed by atoms with Gasteiger partial charge >= 0.3 is 0 Å². The maximum atomic E-state index is 12.8. The zero-order chi connectivity index (χ0) is 18.4. The molecule has 7 nitrogen and oxygen atoms in total. The van der Waals surface area contributed by atoms with E-state index in [-0.39, 0.29) is 29.0 Å². The van der Waals surface area contributed by atoms with E-state index in [1.165, 1.54) is 13.2 Å². The van der Waals surface area contributed by atoms with Gasteiger partial charge in [0.1, 0.15) is 0 Å². The molecule has 2 amide bonds. The number of carbonyl (C=O) groups is 2. The molecule has 0 saturated carbocycles. The molecule has 0 radical (unpaired) electrons. The normalized spacial score (nSPS) is 16.5. The number of amides is 2. The number of hydrogen-bond acceptors (Lipinski definition) is 5. The second-order valence-electron chi connectivity index (χ2n) is 5.82. The standard InChI is InChI=1S/C17H23ClN2O5/c1-3-20(8-11-4-5-24-9-11)17(22)12-6-13(18)16(14(7-12)23-2)25-10-15(19)21/h6-7,11H,3-5,8-10H2,1-2H3,(H2,19,21)/t11-/m1/s1. The van der Waals surface area contributed by atoms with Crippen LogP contribution in [0.4, 0.5) is 0 Å². The van der Waals surface area contributed by atoms with Crippen LogP contribution >= 0.6 is 11.6 Å². The molecule has 138 valence electrons. The lowest BCUT2D eigenvalue weighted by atomic mass is 10.1. The van der Waals surface area contributed by atoms with Crippen LogP contribution in [0.15, 0.2) is 12.1 Å². The maximum absolute atomic E-state index is 12.8. The summed E-state index contributed by atoms with van der Waals surface area (Å²) in [6.07, 6.45) is 0.952. The number of methoxy groups -OCH3 is 1. The van der Waals surface area contributed by atoms with Crippen molar-refractivity contribution in [3.8, 4) is 11.5 Å². The molecule has 1 aliphatic heterocycles. The second-order valence-corrected chi connectivity index (χ2v) is 6.23. The van der Waals surface area contributed by atoms with E-state index in [0.717, 1.165) is 13.0 Å². The monoisotopic (exact) mass is 370 g/mol. The molecule has 0 aromatic heterocycles. The van der Waals surface area contributed by atoms with Crippen LogP contribution in [0, 0.1) is 5.92 Å². The van der Waals surface area contributed by atoms with E-state index in [9.17, 15) is 9.59 Å². The van der Waals surface area contributed by atoms with Crippen LogP contribution in [0.5, 0.6) is 11.5 Å². The minimum Gasteiger partial charge on any atom is -0.493 e. The molecule has 0 spiro atoms. The van der Waals surface area contributed by atoms with E-state index in [0.29, 0.717) is 31.2 Å². The van der Waals surface area contributed by atoms with Crippen molar-refractivity contribution in [3.05, 3.63) is 22.7 Å². The van der Waals surface area contributed by atoms with Gasteiger partial charge in [0.2, 0.25) is 0 Å². The summed E-state index contributed by atoms with van der Waals surface area (Å²) in [5, 5.41) is 0.184. The fourth-order valence-corrected chi connectivity index (χ4v) is 2.97. The number of halogens is 1. The molecular formula is C17H23ClN2O5. The number of nitrogens with two attached hydrogens (primary N) is 1. The second kappa shape index (κ2) is 8.92. The van der Waals surface area contributed by atoms with Crippen LogP contribution in [-0.2, 0) is 9.53 Å². The summed E-state index contributed by atoms with van der Waals surface area (Å²) < 4.78 is 15.9. The SMILES string of the molecule is CCN(C[C@H]1CCOC1)C(=O)c1cc(Cl)c(OCC(N)=O)c(OC)c1. The summed E-state index contributed by atoms with van der Waals surface area (Å²) in [6, 6.07) is 3.06. The highest BCUT2D eigenvalue weighted by atomic mass is 35.5. The highest BCUT2D eigenvalue weighted by Crippen LogP contribution is 2.36. The molecule has 1 aromatic rings. The average Bonchev–Trinajstić information content (AvgIpc) is 3.10. The fourth-order valence-electron chi connectivity index (χ4n) is 2.70. The topological polar surface area (TPSA) is 91.1 Å². The molecule has 8 heteroatoms. The summed E-state index contributed by atoms with van der Waals surface area (Å²) in [5.74, 6) is 0.0359. The largest absolute Gasteiger partial charge is 0.493 e. The number of primary amides is 1. The lowest BCUT2D eigenvalue weighted by Crippen LogP contribution is -2.35. The number of rotatable bonds is 8. The zero-order valence-corrected chi connectivity index (χ0v) is 15.2. The molecule has 2 N–H and O–H groups in total. The van der Waals surface area contributed by atoms with Crippen molar-refractivity contribution in [1.82, 2.24) is 4.90 Å². The minimum absolute atomic E-state index is 0.143. The third-order valence-corrected chi connectivity index (χ3v) is 4.29. The van der Waals surface area contributed by atoms with Gasteiger partial charge in [0.25, 0.3) is 11.8 Å². The lowest BCUT2D eigenvalue weighted by molar-refractivity contribution is -0.119.